The molecule has 1 aliphatic heterocycles. The smallest absolute Gasteiger partial charge is 0.269 e. The van der Waals surface area contributed by atoms with Crippen LogP contribution in [0.1, 0.15) is 42.0 Å². The number of nitrogens with zero attached hydrogens (tertiary/aromatic N) is 1. The Morgan fingerprint density at radius 2 is 2.00 bits per heavy atom. The third kappa shape index (κ3) is 2.30. The number of hydrogen-bond acceptors (Lipinski definition) is 3. The van der Waals surface area contributed by atoms with E-state index in [-0.39, 0.29) is 16.7 Å². The Bertz CT molecular complexity index is 811. The Morgan fingerprint density at radius 3 is 2.71 bits per heavy atom. The first-order valence-electron chi connectivity index (χ1n) is 8.48. The molecule has 0 aromatic heterocycles. The van der Waals surface area contributed by atoms with Gasteiger partial charge >= 0.3 is 0 Å². The molecule has 1 N–H and O–H groups in total. The number of anilines is 1. The number of aryl methyl sites for hydroxylation is 1. The Morgan fingerprint density at radius 1 is 1.21 bits per heavy atom. The van der Waals surface area contributed by atoms with Gasteiger partial charge in [-0.2, -0.15) is 0 Å². The third-order valence-electron chi connectivity index (χ3n) is 5.33. The van der Waals surface area contributed by atoms with E-state index >= 15 is 0 Å². The van der Waals surface area contributed by atoms with Gasteiger partial charge in [0.25, 0.3) is 5.69 Å². The summed E-state index contributed by atoms with van der Waals surface area (Å²) < 4.78 is 0. The van der Waals surface area contributed by atoms with Gasteiger partial charge in [0.2, 0.25) is 0 Å². The van der Waals surface area contributed by atoms with E-state index in [0.29, 0.717) is 11.8 Å². The first-order valence-corrected chi connectivity index (χ1v) is 8.48. The van der Waals surface area contributed by atoms with Crippen LogP contribution >= 0.6 is 0 Å². The van der Waals surface area contributed by atoms with Crippen molar-refractivity contribution in [3.8, 4) is 0 Å². The molecular formula is C20H20N2O2. The highest BCUT2D eigenvalue weighted by molar-refractivity contribution is 5.64. The van der Waals surface area contributed by atoms with Crippen molar-refractivity contribution in [2.24, 2.45) is 5.92 Å². The highest BCUT2D eigenvalue weighted by Gasteiger charge is 2.38. The van der Waals surface area contributed by atoms with E-state index < -0.39 is 0 Å². The Balaban J connectivity index is 1.76. The highest BCUT2D eigenvalue weighted by atomic mass is 16.6. The molecule has 3 atom stereocenters. The molecular weight excluding hydrogens is 300 g/mol. The molecule has 0 radical (unpaired) electrons. The van der Waals surface area contributed by atoms with Crippen molar-refractivity contribution >= 4 is 11.4 Å². The van der Waals surface area contributed by atoms with Gasteiger partial charge in [-0.05, 0) is 35.4 Å². The first kappa shape index (κ1) is 14.9. The number of nitrogens with one attached hydrogen (secondary N) is 1. The highest BCUT2D eigenvalue weighted by Crippen LogP contribution is 2.50. The molecule has 0 unspecified atom stereocenters. The summed E-state index contributed by atoms with van der Waals surface area (Å²) in [5.41, 5.74) is 5.22. The lowest BCUT2D eigenvalue weighted by Crippen LogP contribution is -2.29. The van der Waals surface area contributed by atoms with Gasteiger partial charge in [0.15, 0.2) is 0 Å². The fourth-order valence-electron chi connectivity index (χ4n) is 4.11. The van der Waals surface area contributed by atoms with Crippen LogP contribution in [0.5, 0.6) is 0 Å². The van der Waals surface area contributed by atoms with Crippen molar-refractivity contribution in [3.63, 3.8) is 0 Å². The van der Waals surface area contributed by atoms with Crippen LogP contribution in [0.2, 0.25) is 0 Å². The number of non-ortho nitro benzene ring substituents is 1. The van der Waals surface area contributed by atoms with E-state index in [9.17, 15) is 10.1 Å². The molecule has 4 heteroatoms. The molecule has 0 fully saturated rings. The monoisotopic (exact) mass is 320 g/mol. The molecule has 1 heterocycles. The standard InChI is InChI=1S/C20H20N2O2/c1-2-13-5-3-7-17-16-6-4-8-18(16)20(21-19(13)17)14-9-11-15(12-10-14)22(23)24/h3-7,9-12,16,18,20-21H,2,8H2,1H3/t16-,18-,20-/m1/s1. The molecule has 24 heavy (non-hydrogen) atoms. The van der Waals surface area contributed by atoms with Crippen molar-refractivity contribution in [2.75, 3.05) is 5.32 Å². The number of benzene rings is 2. The van der Waals surface area contributed by atoms with Crippen molar-refractivity contribution in [1.82, 2.24) is 0 Å². The van der Waals surface area contributed by atoms with E-state index in [2.05, 4.69) is 42.6 Å². The molecule has 0 saturated heterocycles. The number of hydrogen-bond donors (Lipinski definition) is 1. The Kier molecular flexibility index (Phi) is 3.60. The number of nitro groups is 1. The van der Waals surface area contributed by atoms with Gasteiger partial charge in [-0.25, -0.2) is 0 Å². The summed E-state index contributed by atoms with van der Waals surface area (Å²) in [7, 11) is 0. The van der Waals surface area contributed by atoms with Crippen LogP contribution in [-0.2, 0) is 6.42 Å². The van der Waals surface area contributed by atoms with Crippen molar-refractivity contribution in [1.29, 1.82) is 0 Å². The van der Waals surface area contributed by atoms with Gasteiger partial charge in [-0.1, -0.05) is 49.4 Å². The molecule has 0 spiro atoms. The maximum absolute atomic E-state index is 10.9. The van der Waals surface area contributed by atoms with Gasteiger partial charge in [0.05, 0.1) is 11.0 Å². The van der Waals surface area contributed by atoms with Crippen LogP contribution in [0, 0.1) is 16.0 Å². The van der Waals surface area contributed by atoms with Crippen LogP contribution in [-0.4, -0.2) is 4.92 Å². The van der Waals surface area contributed by atoms with E-state index in [1.807, 2.05) is 12.1 Å². The predicted molar refractivity (Wildman–Crippen MR) is 95.3 cm³/mol. The molecule has 0 amide bonds. The topological polar surface area (TPSA) is 55.2 Å². The zero-order chi connectivity index (χ0) is 16.7. The third-order valence-corrected chi connectivity index (χ3v) is 5.33. The number of rotatable bonds is 3. The van der Waals surface area contributed by atoms with Crippen LogP contribution in [0.15, 0.2) is 54.6 Å². The van der Waals surface area contributed by atoms with Crippen LogP contribution in [0.25, 0.3) is 0 Å². The second-order valence-electron chi connectivity index (χ2n) is 6.56. The quantitative estimate of drug-likeness (QED) is 0.493. The summed E-state index contributed by atoms with van der Waals surface area (Å²) in [6, 6.07) is 13.7. The molecule has 0 saturated carbocycles. The first-order chi connectivity index (χ1) is 11.7. The summed E-state index contributed by atoms with van der Waals surface area (Å²) >= 11 is 0. The second kappa shape index (κ2) is 5.78. The lowest BCUT2D eigenvalue weighted by molar-refractivity contribution is -0.384. The predicted octanol–water partition coefficient (Wildman–Crippen LogP) is 4.98. The minimum Gasteiger partial charge on any atom is -0.377 e. The SMILES string of the molecule is CCc1cccc2c1N[C@H](c1ccc([N+](=O)[O-])cc1)[C@@H]1CC=C[C@H]21. The lowest BCUT2D eigenvalue weighted by Gasteiger charge is -2.38. The molecule has 2 aliphatic rings. The number of allylic oxidation sites excluding steroid dienone is 2. The van der Waals surface area contributed by atoms with Crippen molar-refractivity contribution in [3.05, 3.63) is 81.4 Å². The number of nitro benzene ring substituents is 1. The van der Waals surface area contributed by atoms with E-state index in [4.69, 9.17) is 0 Å². The zero-order valence-electron chi connectivity index (χ0n) is 13.6. The molecule has 2 aromatic rings. The number of fused-ring (bicyclic) bond motifs is 3. The summed E-state index contributed by atoms with van der Waals surface area (Å²) in [6.07, 6.45) is 6.62. The average molecular weight is 320 g/mol. The van der Waals surface area contributed by atoms with Gasteiger partial charge < -0.3 is 5.32 Å². The van der Waals surface area contributed by atoms with Crippen molar-refractivity contribution < 1.29 is 4.92 Å². The summed E-state index contributed by atoms with van der Waals surface area (Å²) in [5, 5.41) is 14.6. The molecule has 2 aromatic carbocycles. The van der Waals surface area contributed by atoms with Gasteiger partial charge in [0.1, 0.15) is 0 Å². The molecule has 122 valence electrons. The Labute approximate surface area is 141 Å². The Hall–Kier alpha value is -2.62. The van der Waals surface area contributed by atoms with E-state index in [1.165, 1.54) is 16.8 Å². The normalized spacial score (nSPS) is 24.1. The number of para-hydroxylation sites is 1. The lowest BCUT2D eigenvalue weighted by atomic mass is 9.76. The van der Waals surface area contributed by atoms with Gasteiger partial charge in [-0.15, -0.1) is 0 Å². The van der Waals surface area contributed by atoms with E-state index in [1.54, 1.807) is 12.1 Å². The van der Waals surface area contributed by atoms with Gasteiger partial charge in [-0.3, -0.25) is 10.1 Å². The summed E-state index contributed by atoms with van der Waals surface area (Å²) in [4.78, 5) is 10.6. The summed E-state index contributed by atoms with van der Waals surface area (Å²) in [6.45, 7) is 2.18. The zero-order valence-corrected chi connectivity index (χ0v) is 13.6. The molecule has 1 aliphatic carbocycles. The fourth-order valence-corrected chi connectivity index (χ4v) is 4.11. The fraction of sp³-hybridized carbons (Fsp3) is 0.300. The van der Waals surface area contributed by atoms with Crippen LogP contribution < -0.4 is 5.32 Å². The molecule has 4 rings (SSSR count). The van der Waals surface area contributed by atoms with Crippen LogP contribution in [0.3, 0.4) is 0 Å². The van der Waals surface area contributed by atoms with Gasteiger partial charge in [0, 0.05) is 23.7 Å². The average Bonchev–Trinajstić information content (AvgIpc) is 3.10. The minimum atomic E-state index is -0.345. The molecule has 0 bridgehead atoms. The second-order valence-corrected chi connectivity index (χ2v) is 6.56. The minimum absolute atomic E-state index is 0.144. The van der Waals surface area contributed by atoms with Crippen LogP contribution in [0.4, 0.5) is 11.4 Å². The van der Waals surface area contributed by atoms with E-state index in [0.717, 1.165) is 18.4 Å². The summed E-state index contributed by atoms with van der Waals surface area (Å²) in [5.74, 6) is 0.888. The maximum atomic E-state index is 10.9. The molecule has 4 nitrogen and oxygen atoms in total. The van der Waals surface area contributed by atoms with Crippen molar-refractivity contribution in [2.45, 2.75) is 31.7 Å². The maximum Gasteiger partial charge on any atom is 0.269 e. The largest absolute Gasteiger partial charge is 0.377 e.